The van der Waals surface area contributed by atoms with Crippen LogP contribution in [-0.4, -0.2) is 188 Å². The van der Waals surface area contributed by atoms with E-state index in [1.807, 2.05) is 187 Å². The molecule has 12 nitrogen and oxygen atoms in total. The van der Waals surface area contributed by atoms with Gasteiger partial charge in [-0.05, 0) is 152 Å². The van der Waals surface area contributed by atoms with Crippen molar-refractivity contribution in [3.63, 3.8) is 0 Å². The van der Waals surface area contributed by atoms with Gasteiger partial charge in [0.25, 0.3) is 0 Å². The van der Waals surface area contributed by atoms with Crippen molar-refractivity contribution in [2.75, 3.05) is 123 Å². The highest BCUT2D eigenvalue weighted by atomic mass is 35.5. The van der Waals surface area contributed by atoms with Crippen molar-refractivity contribution in [2.45, 2.75) is 303 Å². The molecule has 6 fully saturated rings. The number of rotatable bonds is 24. The molecule has 0 aromatic heterocycles. The Labute approximate surface area is 802 Å². The Bertz CT molecular complexity index is 4150. The Morgan fingerprint density at radius 2 is 0.350 bits per heavy atom. The van der Waals surface area contributed by atoms with Gasteiger partial charge in [0.2, 0.25) is 0 Å². The van der Waals surface area contributed by atoms with Gasteiger partial charge in [-0.15, -0.1) is 0 Å². The number of nitrogens with one attached hydrogen (secondary N) is 6. The van der Waals surface area contributed by atoms with Crippen LogP contribution in [0, 0.1) is 41.5 Å². The smallest absolute Gasteiger partial charge is 0.0931 e. The summed E-state index contributed by atoms with van der Waals surface area (Å²) in [5.41, 5.74) is 5.84. The number of hydrogen-bond acceptors (Lipinski definition) is 6. The van der Waals surface area contributed by atoms with Crippen LogP contribution in [0.2, 0.25) is 0 Å². The van der Waals surface area contributed by atoms with Crippen LogP contribution >= 0.6 is 0 Å². The second kappa shape index (κ2) is 56.0. The van der Waals surface area contributed by atoms with Crippen molar-refractivity contribution >= 4 is 0 Å². The Morgan fingerprint density at radius 1 is 0.225 bits per heavy atom. The van der Waals surface area contributed by atoms with Crippen molar-refractivity contribution in [1.82, 2.24) is 0 Å². The predicted octanol–water partition coefficient (Wildman–Crippen LogP) is -6.47. The molecule has 0 saturated heterocycles. The number of aryl methyl sites for hydroxylation is 6. The highest BCUT2D eigenvalue weighted by Gasteiger charge is 2.46. The minimum absolute atomic E-state index is 0. The molecule has 8 unspecified atom stereocenters. The van der Waals surface area contributed by atoms with Crippen LogP contribution in [-0.2, 0) is 0 Å². The molecule has 12 N–H and O–H groups in total. The minimum atomic E-state index is -2.49. The summed E-state index contributed by atoms with van der Waals surface area (Å²) >= 11 is 0. The molecule has 18 heteroatoms. The molecule has 0 spiro atoms. The maximum atomic E-state index is 11.3. The van der Waals surface area contributed by atoms with Gasteiger partial charge in [-0.3, -0.25) is 0 Å². The molecule has 6 aromatic rings. The van der Waals surface area contributed by atoms with Crippen LogP contribution in [0.15, 0.2) is 146 Å². The van der Waals surface area contributed by atoms with Crippen LogP contribution in [0.25, 0.3) is 0 Å². The van der Waals surface area contributed by atoms with E-state index >= 15 is 0 Å². The van der Waals surface area contributed by atoms with E-state index in [9.17, 15) is 30.6 Å². The van der Waals surface area contributed by atoms with Crippen LogP contribution in [0.5, 0.6) is 0 Å². The molecular weight excluding hydrogens is 1620 g/mol. The van der Waals surface area contributed by atoms with E-state index in [4.69, 9.17) is 32.9 Å². The van der Waals surface area contributed by atoms with E-state index in [1.165, 1.54) is 37.8 Å². The first-order valence-electron chi connectivity index (χ1n) is 55.4. The summed E-state index contributed by atoms with van der Waals surface area (Å²) < 4.78 is 189. The maximum Gasteiger partial charge on any atom is 0.0931 e. The molecule has 6 aliphatic carbocycles. The average molecular weight is 1810 g/mol. The summed E-state index contributed by atoms with van der Waals surface area (Å²) in [7, 11) is 9.13. The first-order chi connectivity index (χ1) is 63.6. The molecule has 6 saturated carbocycles. The lowest BCUT2D eigenvalue weighted by Gasteiger charge is -2.39. The summed E-state index contributed by atoms with van der Waals surface area (Å²) in [6.07, 6.45) is 25.2. The first kappa shape index (κ1) is 78.8. The number of quaternary nitrogens is 6. The quantitative estimate of drug-likeness (QED) is 0.0291. The number of hydrogen-bond donors (Lipinski definition) is 12. The molecule has 6 aromatic carbocycles. The minimum Gasteiger partial charge on any atom is -1.00 e. The second-order valence-corrected chi connectivity index (χ2v) is 35.7. The second-order valence-electron chi connectivity index (χ2n) is 35.7. The lowest BCUT2D eigenvalue weighted by molar-refractivity contribution is -0.860. The van der Waals surface area contributed by atoms with Crippen molar-refractivity contribution < 1.29 is 167 Å². The normalized spacial score (nSPS) is 24.8. The van der Waals surface area contributed by atoms with E-state index in [0.717, 1.165) is 187 Å². The zero-order valence-corrected chi connectivity index (χ0v) is 78.6. The fraction of sp³-hybridized carbons (Fsp3) is 0.647. The third-order valence-corrected chi connectivity index (χ3v) is 25.2. The fourth-order valence-corrected chi connectivity index (χ4v) is 18.6. The molecular formula is C102H168Cl6N6O6. The summed E-state index contributed by atoms with van der Waals surface area (Å²) in [6, 6.07) is 46.7. The largest absolute Gasteiger partial charge is 1.00 e. The van der Waals surface area contributed by atoms with Gasteiger partial charge in [0, 0.05) is 0 Å². The molecule has 6 aliphatic rings. The Hall–Kier alpha value is -3.42. The fourth-order valence-electron chi connectivity index (χ4n) is 18.6. The lowest BCUT2D eigenvalue weighted by atomic mass is 9.72. The highest BCUT2D eigenvalue weighted by Crippen LogP contribution is 2.45. The molecule has 12 rings (SSSR count). The molecule has 0 radical (unpaired) electrons. The SMILES string of the molecule is [2H]C([2H])([2H])[NH+](C)C([2H])([2H])C(c1ccc(C)cc1)C1(O)CCCCC1.[2H]C([2H])([2H])[NH+](C)C([2H])([2H])[C@@H](c1ccc(C)cc1)C1(O)CCCCC1.[2H]C([2H])([2H])[NH+](C)C([2H])([2H])[C@H](c1ccc(C)cc1)C1(O)CCCCC1.[2H]C([2H])([2H])[NH+](C)CC(c1ccc(C)cc1)C1(O)CCCCC1.[2H]C([2H])([2H])[NH+](C)C[C@@H](c1ccc(C)cc1)C1(O)CCCCC1.[2H]C([2H])([2H])[NH+](C)C[C@H](c1ccc(C)cc1)C1(O)CCCCC1.[Cl-].[Cl-].[Cl-].[Cl-].[Cl-].[Cl-]. The molecule has 0 bridgehead atoms. The van der Waals surface area contributed by atoms with Crippen LogP contribution in [0.3, 0.4) is 0 Å². The molecule has 0 amide bonds. The van der Waals surface area contributed by atoms with E-state index in [0.29, 0.717) is 89.5 Å². The van der Waals surface area contributed by atoms with Gasteiger partial charge >= 0.3 is 0 Å². The standard InChI is InChI=1S/6C17H27NO.6ClH/c6*1-14-7-9-15(10-8-14)16(13-18(2)3)17(19)11-5-4-6-12-17;;;;;;/h6*7-10,16,19H,4-6,11-13H2,1-3H3;6*1H/t4*16-;;;;;;;;/m1100......../s1/i2D3,13D2;2D3;2D3,13D2;2D3;2D3,13D2;2D3;;;;;;. The van der Waals surface area contributed by atoms with E-state index in [1.54, 1.807) is 21.1 Å². The Balaban J connectivity index is 0.000000857. The number of aliphatic hydroxyl groups is 6. The highest BCUT2D eigenvalue weighted by molar-refractivity contribution is 5.33. The lowest BCUT2D eigenvalue weighted by Crippen LogP contribution is -3.06. The van der Waals surface area contributed by atoms with Gasteiger partial charge in [-0.2, -0.15) is 0 Å². The molecule has 684 valence electrons. The third kappa shape index (κ3) is 36.7. The van der Waals surface area contributed by atoms with Gasteiger partial charge in [0.1, 0.15) is 0 Å². The molecule has 120 heavy (non-hydrogen) atoms. The van der Waals surface area contributed by atoms with Crippen molar-refractivity contribution in [3.05, 3.63) is 212 Å². The van der Waals surface area contributed by atoms with Gasteiger partial charge in [-0.25, -0.2) is 0 Å². The topological polar surface area (TPSA) is 148 Å². The first-order valence-corrected chi connectivity index (χ1v) is 43.4. The van der Waals surface area contributed by atoms with E-state index in [-0.39, 0.29) is 107 Å². The maximum absolute atomic E-state index is 11.3. The van der Waals surface area contributed by atoms with Crippen molar-refractivity contribution in [1.29, 1.82) is 0 Å². The van der Waals surface area contributed by atoms with Crippen LogP contribution in [0.4, 0.5) is 0 Å². The van der Waals surface area contributed by atoms with Gasteiger partial charge in [0.15, 0.2) is 0 Å². The van der Waals surface area contributed by atoms with Gasteiger partial charge < -0.3 is 134 Å². The zero-order chi connectivity index (χ0) is 104. The van der Waals surface area contributed by atoms with Gasteiger partial charge in [0.05, 0.1) is 225 Å². The Kier molecular flexibility index (Phi) is 36.8. The summed E-state index contributed by atoms with van der Waals surface area (Å²) in [6.45, 7) is -6.74. The predicted molar refractivity (Wildman–Crippen MR) is 478 cm³/mol. The molecule has 0 aliphatic heterocycles. The Morgan fingerprint density at radius 3 is 0.483 bits per heavy atom. The van der Waals surface area contributed by atoms with Crippen LogP contribution < -0.4 is 104 Å². The van der Waals surface area contributed by atoms with Crippen molar-refractivity contribution in [3.8, 4) is 0 Å². The van der Waals surface area contributed by atoms with E-state index < -0.39 is 113 Å². The zero-order valence-electron chi connectivity index (χ0n) is 98.1. The number of likely N-dealkylation sites (N-methyl/N-ethyl adjacent to an activating group) is 6. The van der Waals surface area contributed by atoms with Crippen molar-refractivity contribution in [2.24, 2.45) is 0 Å². The molecule has 0 heterocycles. The summed E-state index contributed by atoms with van der Waals surface area (Å²) in [4.78, 5) is 0.866. The third-order valence-electron chi connectivity index (χ3n) is 25.2. The summed E-state index contributed by atoms with van der Waals surface area (Å²) in [5, 5.41) is 67.3. The summed E-state index contributed by atoms with van der Waals surface area (Å²) in [5.74, 6) is -3.04. The average Bonchev–Trinajstić information content (AvgIpc) is 0.752. The van der Waals surface area contributed by atoms with E-state index in [2.05, 4.69) is 0 Å². The number of benzene rings is 6. The number of halogens is 6. The van der Waals surface area contributed by atoms with Gasteiger partial charge in [-0.1, -0.05) is 295 Å². The van der Waals surface area contributed by atoms with Crippen LogP contribution in [0.1, 0.15) is 328 Å². The molecule has 12 atom stereocenters. The monoisotopic (exact) mass is 1810 g/mol.